The SMILES string of the molecule is O=C1COC(c2ccccc2OC(F)(F)F)N1. The molecule has 1 atom stereocenters. The summed E-state index contributed by atoms with van der Waals surface area (Å²) in [5.41, 5.74) is 0.135. The summed E-state index contributed by atoms with van der Waals surface area (Å²) in [6, 6.07) is 5.50. The molecule has 1 fully saturated rings. The van der Waals surface area contributed by atoms with Crippen molar-refractivity contribution in [2.24, 2.45) is 0 Å². The summed E-state index contributed by atoms with van der Waals surface area (Å²) < 4.78 is 45.3. The molecule has 17 heavy (non-hydrogen) atoms. The maximum atomic E-state index is 12.1. The molecule has 1 N–H and O–H groups in total. The molecule has 1 aliphatic rings. The number of rotatable bonds is 2. The van der Waals surface area contributed by atoms with Crippen LogP contribution in [0.2, 0.25) is 0 Å². The van der Waals surface area contributed by atoms with Crippen LogP contribution in [-0.4, -0.2) is 18.9 Å². The molecule has 1 aromatic carbocycles. The van der Waals surface area contributed by atoms with E-state index in [0.717, 1.165) is 6.07 Å². The van der Waals surface area contributed by atoms with Crippen LogP contribution in [0.15, 0.2) is 24.3 Å². The maximum absolute atomic E-state index is 12.1. The molecule has 0 spiro atoms. The second-order valence-corrected chi connectivity index (χ2v) is 3.34. The van der Waals surface area contributed by atoms with Crippen molar-refractivity contribution < 1.29 is 27.4 Å². The molecule has 0 bridgehead atoms. The molecule has 0 aliphatic carbocycles. The van der Waals surface area contributed by atoms with E-state index in [4.69, 9.17) is 4.74 Å². The number of benzene rings is 1. The van der Waals surface area contributed by atoms with Crippen LogP contribution >= 0.6 is 0 Å². The molecule has 1 heterocycles. The summed E-state index contributed by atoms with van der Waals surface area (Å²) in [5, 5.41) is 2.39. The number of amides is 1. The van der Waals surface area contributed by atoms with Gasteiger partial charge in [0.05, 0.1) is 0 Å². The van der Waals surface area contributed by atoms with Gasteiger partial charge in [0.2, 0.25) is 5.91 Å². The molecule has 1 amide bonds. The van der Waals surface area contributed by atoms with E-state index in [1.807, 2.05) is 0 Å². The second-order valence-electron chi connectivity index (χ2n) is 3.34. The quantitative estimate of drug-likeness (QED) is 0.865. The summed E-state index contributed by atoms with van der Waals surface area (Å²) in [7, 11) is 0. The average molecular weight is 247 g/mol. The Morgan fingerprint density at radius 3 is 2.65 bits per heavy atom. The lowest BCUT2D eigenvalue weighted by molar-refractivity contribution is -0.275. The van der Waals surface area contributed by atoms with Gasteiger partial charge in [-0.25, -0.2) is 0 Å². The Hall–Kier alpha value is -1.76. The first-order valence-corrected chi connectivity index (χ1v) is 4.71. The van der Waals surface area contributed by atoms with E-state index >= 15 is 0 Å². The minimum Gasteiger partial charge on any atom is -0.405 e. The lowest BCUT2D eigenvalue weighted by Crippen LogP contribution is -2.22. The van der Waals surface area contributed by atoms with Gasteiger partial charge in [-0.1, -0.05) is 18.2 Å². The van der Waals surface area contributed by atoms with E-state index in [1.54, 1.807) is 0 Å². The molecular weight excluding hydrogens is 239 g/mol. The number of hydrogen-bond donors (Lipinski definition) is 1. The Kier molecular flexibility index (Phi) is 2.93. The van der Waals surface area contributed by atoms with Crippen LogP contribution in [-0.2, 0) is 9.53 Å². The minimum absolute atomic E-state index is 0.135. The fourth-order valence-corrected chi connectivity index (χ4v) is 1.47. The minimum atomic E-state index is -4.78. The first kappa shape index (κ1) is 11.7. The van der Waals surface area contributed by atoms with Gasteiger partial charge in [0, 0.05) is 5.56 Å². The van der Waals surface area contributed by atoms with Crippen molar-refractivity contribution in [2.45, 2.75) is 12.6 Å². The van der Waals surface area contributed by atoms with Gasteiger partial charge in [-0.15, -0.1) is 13.2 Å². The highest BCUT2D eigenvalue weighted by atomic mass is 19.4. The Bertz CT molecular complexity index is 433. The lowest BCUT2D eigenvalue weighted by Gasteiger charge is -2.16. The van der Waals surface area contributed by atoms with Gasteiger partial charge >= 0.3 is 6.36 Å². The fraction of sp³-hybridized carbons (Fsp3) is 0.300. The molecule has 1 unspecified atom stereocenters. The van der Waals surface area contributed by atoms with Crippen molar-refractivity contribution in [2.75, 3.05) is 6.61 Å². The van der Waals surface area contributed by atoms with E-state index < -0.39 is 12.6 Å². The van der Waals surface area contributed by atoms with Crippen LogP contribution in [0.5, 0.6) is 5.75 Å². The molecule has 2 rings (SSSR count). The molecule has 0 radical (unpaired) electrons. The second kappa shape index (κ2) is 4.25. The smallest absolute Gasteiger partial charge is 0.405 e. The summed E-state index contributed by atoms with van der Waals surface area (Å²) in [6.45, 7) is -0.176. The van der Waals surface area contributed by atoms with Gasteiger partial charge in [-0.2, -0.15) is 0 Å². The largest absolute Gasteiger partial charge is 0.573 e. The zero-order valence-corrected chi connectivity index (χ0v) is 8.45. The molecule has 7 heteroatoms. The number of ether oxygens (including phenoxy) is 2. The highest BCUT2D eigenvalue weighted by Crippen LogP contribution is 2.31. The Balaban J connectivity index is 2.24. The zero-order valence-electron chi connectivity index (χ0n) is 8.45. The first-order chi connectivity index (χ1) is 7.96. The summed E-state index contributed by atoms with van der Waals surface area (Å²) >= 11 is 0. The number of alkyl halides is 3. The van der Waals surface area contributed by atoms with Gasteiger partial charge in [0.15, 0.2) is 6.23 Å². The number of nitrogens with one attached hydrogen (secondary N) is 1. The van der Waals surface area contributed by atoms with Gasteiger partial charge in [-0.3, -0.25) is 4.79 Å². The van der Waals surface area contributed by atoms with Crippen LogP contribution in [0.4, 0.5) is 13.2 Å². The Morgan fingerprint density at radius 1 is 1.35 bits per heavy atom. The van der Waals surface area contributed by atoms with E-state index in [-0.39, 0.29) is 23.8 Å². The van der Waals surface area contributed by atoms with Crippen molar-refractivity contribution in [1.82, 2.24) is 5.32 Å². The fourth-order valence-electron chi connectivity index (χ4n) is 1.47. The van der Waals surface area contributed by atoms with Crippen LogP contribution < -0.4 is 10.1 Å². The molecule has 0 aromatic heterocycles. The van der Waals surface area contributed by atoms with Gasteiger partial charge in [0.1, 0.15) is 12.4 Å². The highest BCUT2D eigenvalue weighted by molar-refractivity contribution is 5.79. The molecule has 1 aliphatic heterocycles. The normalized spacial score (nSPS) is 20.2. The molecule has 0 saturated carbocycles. The van der Waals surface area contributed by atoms with Crippen LogP contribution in [0, 0.1) is 0 Å². The maximum Gasteiger partial charge on any atom is 0.573 e. The molecule has 1 aromatic rings. The van der Waals surface area contributed by atoms with Gasteiger partial charge in [-0.05, 0) is 6.07 Å². The van der Waals surface area contributed by atoms with E-state index in [0.29, 0.717) is 0 Å². The van der Waals surface area contributed by atoms with Crippen LogP contribution in [0.3, 0.4) is 0 Å². The third-order valence-corrected chi connectivity index (χ3v) is 2.10. The number of carbonyl (C=O) groups excluding carboxylic acids is 1. The van der Waals surface area contributed by atoms with Crippen molar-refractivity contribution in [3.05, 3.63) is 29.8 Å². The highest BCUT2D eigenvalue weighted by Gasteiger charge is 2.34. The standard InChI is InChI=1S/C10H8F3NO3/c11-10(12,13)17-7-4-2-1-3-6(7)9-14-8(15)5-16-9/h1-4,9H,5H2,(H,14,15). The van der Waals surface area contributed by atoms with Crippen LogP contribution in [0.1, 0.15) is 11.8 Å². The lowest BCUT2D eigenvalue weighted by atomic mass is 10.2. The summed E-state index contributed by atoms with van der Waals surface area (Å²) in [4.78, 5) is 10.9. The number of carbonyl (C=O) groups is 1. The number of halogens is 3. The van der Waals surface area contributed by atoms with Crippen molar-refractivity contribution in [1.29, 1.82) is 0 Å². The average Bonchev–Trinajstić information content (AvgIpc) is 2.63. The van der Waals surface area contributed by atoms with E-state index in [2.05, 4.69) is 10.1 Å². The summed E-state index contributed by atoms with van der Waals surface area (Å²) in [5.74, 6) is -0.760. The predicted molar refractivity (Wildman–Crippen MR) is 50.0 cm³/mol. The van der Waals surface area contributed by atoms with Crippen LogP contribution in [0.25, 0.3) is 0 Å². The monoisotopic (exact) mass is 247 g/mol. The summed E-state index contributed by atoms with van der Waals surface area (Å²) in [6.07, 6.45) is -5.68. The Morgan fingerprint density at radius 2 is 2.06 bits per heavy atom. The third-order valence-electron chi connectivity index (χ3n) is 2.10. The van der Waals surface area contributed by atoms with E-state index in [1.165, 1.54) is 18.2 Å². The zero-order chi connectivity index (χ0) is 12.5. The predicted octanol–water partition coefficient (Wildman–Crippen LogP) is 1.73. The van der Waals surface area contributed by atoms with Gasteiger partial charge < -0.3 is 14.8 Å². The van der Waals surface area contributed by atoms with Crippen molar-refractivity contribution in [3.8, 4) is 5.75 Å². The molecule has 1 saturated heterocycles. The molecule has 4 nitrogen and oxygen atoms in total. The Labute approximate surface area is 94.3 Å². The van der Waals surface area contributed by atoms with Gasteiger partial charge in [0.25, 0.3) is 0 Å². The topological polar surface area (TPSA) is 47.6 Å². The number of para-hydroxylation sites is 1. The van der Waals surface area contributed by atoms with E-state index in [9.17, 15) is 18.0 Å². The number of hydrogen-bond acceptors (Lipinski definition) is 3. The molecular formula is C10H8F3NO3. The first-order valence-electron chi connectivity index (χ1n) is 4.71. The third kappa shape index (κ3) is 2.88. The molecule has 92 valence electrons. The van der Waals surface area contributed by atoms with Crippen molar-refractivity contribution in [3.63, 3.8) is 0 Å². The van der Waals surface area contributed by atoms with Crippen molar-refractivity contribution >= 4 is 5.91 Å².